The number of nitrogens with one attached hydrogen (secondary N) is 1. The summed E-state index contributed by atoms with van der Waals surface area (Å²) in [7, 11) is 0. The monoisotopic (exact) mass is 231 g/mol. The van der Waals surface area contributed by atoms with E-state index in [1.807, 2.05) is 24.3 Å². The summed E-state index contributed by atoms with van der Waals surface area (Å²) in [6.07, 6.45) is 1.82. The first-order valence-electron chi connectivity index (χ1n) is 6.13. The van der Waals surface area contributed by atoms with Crippen molar-refractivity contribution < 1.29 is 0 Å². The number of fused-ring (bicyclic) bond motifs is 1. The van der Waals surface area contributed by atoms with Gasteiger partial charge in [0.25, 0.3) is 0 Å². The Morgan fingerprint density at radius 2 is 2.00 bits per heavy atom. The van der Waals surface area contributed by atoms with Crippen molar-refractivity contribution in [3.63, 3.8) is 0 Å². The summed E-state index contributed by atoms with van der Waals surface area (Å²) >= 11 is 0. The average Bonchev–Trinajstić information content (AvgIpc) is 2.55. The first-order chi connectivity index (χ1) is 7.94. The van der Waals surface area contributed by atoms with Crippen LogP contribution in [-0.2, 0) is 6.42 Å². The van der Waals surface area contributed by atoms with E-state index in [2.05, 4.69) is 30.7 Å². The quantitative estimate of drug-likeness (QED) is 0.853. The Balaban J connectivity index is 2.08. The second kappa shape index (κ2) is 4.49. The molecular formula is C14H21N3. The number of aromatic amines is 1. The summed E-state index contributed by atoms with van der Waals surface area (Å²) in [5, 5.41) is 0. The zero-order chi connectivity index (χ0) is 12.5. The molecule has 0 aliphatic rings. The van der Waals surface area contributed by atoms with E-state index in [4.69, 9.17) is 5.73 Å². The highest BCUT2D eigenvalue weighted by atomic mass is 14.9. The van der Waals surface area contributed by atoms with E-state index in [0.29, 0.717) is 0 Å². The van der Waals surface area contributed by atoms with Crippen LogP contribution >= 0.6 is 0 Å². The minimum Gasteiger partial charge on any atom is -0.342 e. The van der Waals surface area contributed by atoms with Gasteiger partial charge in [-0.25, -0.2) is 4.98 Å². The maximum absolute atomic E-state index is 6.15. The normalized spacial score (nSPS) is 14.1. The fourth-order valence-corrected chi connectivity index (χ4v) is 2.21. The number of rotatable bonds is 3. The van der Waals surface area contributed by atoms with Crippen molar-refractivity contribution in [1.29, 1.82) is 0 Å². The highest BCUT2D eigenvalue weighted by Crippen LogP contribution is 2.21. The van der Waals surface area contributed by atoms with Gasteiger partial charge >= 0.3 is 0 Å². The molecule has 0 saturated carbocycles. The molecule has 0 saturated heterocycles. The molecule has 1 aromatic heterocycles. The third kappa shape index (κ3) is 3.30. The van der Waals surface area contributed by atoms with Crippen LogP contribution in [0.2, 0.25) is 0 Å². The lowest BCUT2D eigenvalue weighted by atomic mass is 9.87. The van der Waals surface area contributed by atoms with Gasteiger partial charge in [-0.15, -0.1) is 0 Å². The zero-order valence-corrected chi connectivity index (χ0v) is 10.8. The van der Waals surface area contributed by atoms with Crippen molar-refractivity contribution in [1.82, 2.24) is 9.97 Å². The number of para-hydroxylation sites is 2. The van der Waals surface area contributed by atoms with Gasteiger partial charge in [0.2, 0.25) is 0 Å². The van der Waals surface area contributed by atoms with E-state index in [9.17, 15) is 0 Å². The molecule has 0 aliphatic carbocycles. The summed E-state index contributed by atoms with van der Waals surface area (Å²) in [6.45, 7) is 6.64. The number of hydrogen-bond donors (Lipinski definition) is 2. The number of nitrogens with zero attached hydrogens (tertiary/aromatic N) is 1. The lowest BCUT2D eigenvalue weighted by Gasteiger charge is -2.22. The molecule has 0 bridgehead atoms. The standard InChI is InChI=1S/C14H21N3/c1-14(2,3)9-10(15)8-13-16-11-6-4-5-7-12(11)17-13/h4-7,10H,8-9,15H2,1-3H3,(H,16,17). The molecule has 0 radical (unpaired) electrons. The predicted molar refractivity (Wildman–Crippen MR) is 71.8 cm³/mol. The van der Waals surface area contributed by atoms with Crippen LogP contribution in [0.15, 0.2) is 24.3 Å². The number of H-pyrrole nitrogens is 1. The van der Waals surface area contributed by atoms with Crippen molar-refractivity contribution in [3.05, 3.63) is 30.1 Å². The number of imidazole rings is 1. The van der Waals surface area contributed by atoms with Gasteiger partial charge < -0.3 is 10.7 Å². The van der Waals surface area contributed by atoms with Gasteiger partial charge in [-0.1, -0.05) is 32.9 Å². The summed E-state index contributed by atoms with van der Waals surface area (Å²) in [4.78, 5) is 7.87. The molecule has 2 rings (SSSR count). The third-order valence-electron chi connectivity index (χ3n) is 2.77. The van der Waals surface area contributed by atoms with Gasteiger partial charge in [0, 0.05) is 12.5 Å². The third-order valence-corrected chi connectivity index (χ3v) is 2.77. The maximum Gasteiger partial charge on any atom is 0.108 e. The van der Waals surface area contributed by atoms with E-state index in [1.54, 1.807) is 0 Å². The first kappa shape index (κ1) is 12.1. The molecule has 1 heterocycles. The van der Waals surface area contributed by atoms with Crippen LogP contribution < -0.4 is 5.73 Å². The van der Waals surface area contributed by atoms with Crippen LogP contribution in [0, 0.1) is 5.41 Å². The summed E-state index contributed by atoms with van der Waals surface area (Å²) in [6, 6.07) is 8.24. The molecule has 17 heavy (non-hydrogen) atoms. The molecule has 2 aromatic rings. The molecule has 0 aliphatic heterocycles. The largest absolute Gasteiger partial charge is 0.342 e. The molecule has 0 spiro atoms. The molecule has 0 fully saturated rings. The highest BCUT2D eigenvalue weighted by Gasteiger charge is 2.17. The number of aromatic nitrogens is 2. The van der Waals surface area contributed by atoms with Crippen LogP contribution in [0.3, 0.4) is 0 Å². The highest BCUT2D eigenvalue weighted by molar-refractivity contribution is 5.74. The molecular weight excluding hydrogens is 210 g/mol. The smallest absolute Gasteiger partial charge is 0.108 e. The molecule has 0 amide bonds. The minimum absolute atomic E-state index is 0.163. The summed E-state index contributed by atoms with van der Waals surface area (Å²) in [5.74, 6) is 0.989. The maximum atomic E-state index is 6.15. The van der Waals surface area contributed by atoms with Crippen molar-refractivity contribution in [2.45, 2.75) is 39.7 Å². The van der Waals surface area contributed by atoms with Crippen LogP contribution in [0.1, 0.15) is 33.0 Å². The van der Waals surface area contributed by atoms with E-state index < -0.39 is 0 Å². The summed E-state index contributed by atoms with van der Waals surface area (Å²) in [5.41, 5.74) is 8.53. The molecule has 3 heteroatoms. The van der Waals surface area contributed by atoms with Crippen LogP contribution in [0.5, 0.6) is 0 Å². The SMILES string of the molecule is CC(C)(C)CC(N)Cc1nc2ccccc2[nH]1. The summed E-state index contributed by atoms with van der Waals surface area (Å²) < 4.78 is 0. The van der Waals surface area contributed by atoms with E-state index >= 15 is 0 Å². The molecule has 1 atom stereocenters. The molecule has 92 valence electrons. The van der Waals surface area contributed by atoms with Crippen LogP contribution in [0.4, 0.5) is 0 Å². The predicted octanol–water partition coefficient (Wildman–Crippen LogP) is 2.87. The number of hydrogen-bond acceptors (Lipinski definition) is 2. The van der Waals surface area contributed by atoms with Crippen molar-refractivity contribution in [2.75, 3.05) is 0 Å². The van der Waals surface area contributed by atoms with Crippen LogP contribution in [-0.4, -0.2) is 16.0 Å². The van der Waals surface area contributed by atoms with Crippen LogP contribution in [0.25, 0.3) is 11.0 Å². The Bertz CT molecular complexity index is 460. The average molecular weight is 231 g/mol. The molecule has 3 nitrogen and oxygen atoms in total. The number of benzene rings is 1. The van der Waals surface area contributed by atoms with Crippen molar-refractivity contribution >= 4 is 11.0 Å². The Kier molecular flexibility index (Phi) is 3.20. The van der Waals surface area contributed by atoms with E-state index in [0.717, 1.165) is 29.7 Å². The molecule has 1 aromatic carbocycles. The Hall–Kier alpha value is -1.35. The van der Waals surface area contributed by atoms with Crippen molar-refractivity contribution in [3.8, 4) is 0 Å². The van der Waals surface area contributed by atoms with Gasteiger partial charge in [-0.05, 0) is 24.0 Å². The Morgan fingerprint density at radius 3 is 2.65 bits per heavy atom. The van der Waals surface area contributed by atoms with E-state index in [-0.39, 0.29) is 11.5 Å². The topological polar surface area (TPSA) is 54.7 Å². The van der Waals surface area contributed by atoms with Gasteiger partial charge in [0.1, 0.15) is 5.82 Å². The van der Waals surface area contributed by atoms with E-state index in [1.165, 1.54) is 0 Å². The Morgan fingerprint density at radius 1 is 1.29 bits per heavy atom. The number of nitrogens with two attached hydrogens (primary N) is 1. The van der Waals surface area contributed by atoms with Gasteiger partial charge in [0.05, 0.1) is 11.0 Å². The van der Waals surface area contributed by atoms with Crippen molar-refractivity contribution in [2.24, 2.45) is 11.1 Å². The second-order valence-corrected chi connectivity index (χ2v) is 5.93. The molecule has 1 unspecified atom stereocenters. The lowest BCUT2D eigenvalue weighted by molar-refractivity contribution is 0.337. The second-order valence-electron chi connectivity index (χ2n) is 5.93. The zero-order valence-electron chi connectivity index (χ0n) is 10.8. The first-order valence-corrected chi connectivity index (χ1v) is 6.13. The van der Waals surface area contributed by atoms with Gasteiger partial charge in [0.15, 0.2) is 0 Å². The molecule has 3 N–H and O–H groups in total. The fourth-order valence-electron chi connectivity index (χ4n) is 2.21. The Labute approximate surface area is 102 Å². The van der Waals surface area contributed by atoms with Gasteiger partial charge in [-0.2, -0.15) is 0 Å². The lowest BCUT2D eigenvalue weighted by Crippen LogP contribution is -2.28. The van der Waals surface area contributed by atoms with Gasteiger partial charge in [-0.3, -0.25) is 0 Å². The minimum atomic E-state index is 0.163. The fraction of sp³-hybridized carbons (Fsp3) is 0.500.